The number of hydrogen-bond donors (Lipinski definition) is 1. The minimum atomic E-state index is -3.84. The first-order chi connectivity index (χ1) is 12.8. The van der Waals surface area contributed by atoms with Crippen LogP contribution < -0.4 is 10.5 Å². The van der Waals surface area contributed by atoms with Crippen molar-refractivity contribution in [3.63, 3.8) is 0 Å². The number of thiazole rings is 1. The number of carbonyl (C=O) groups excluding carboxylic acids is 1. The number of methoxy groups -OCH3 is 1. The second-order valence-corrected chi connectivity index (χ2v) is 8.80. The van der Waals surface area contributed by atoms with Crippen LogP contribution in [0, 0.1) is 0 Å². The molecule has 0 saturated heterocycles. The highest BCUT2D eigenvalue weighted by Crippen LogP contribution is 2.32. The zero-order valence-corrected chi connectivity index (χ0v) is 16.1. The normalized spacial score (nSPS) is 11.3. The smallest absolute Gasteiger partial charge is 0.404 e. The number of benzene rings is 1. The first kappa shape index (κ1) is 18.9. The van der Waals surface area contributed by atoms with Gasteiger partial charge in [-0.25, -0.2) is 23.2 Å². The van der Waals surface area contributed by atoms with Crippen molar-refractivity contribution in [2.45, 2.75) is 15.7 Å². The number of nitrogens with zero attached hydrogens (tertiary/aromatic N) is 3. The molecule has 3 aromatic rings. The second-order valence-electron chi connectivity index (χ2n) is 5.51. The Morgan fingerprint density at radius 2 is 2.07 bits per heavy atom. The number of aromatic nitrogens is 3. The predicted molar refractivity (Wildman–Crippen MR) is 97.1 cm³/mol. The van der Waals surface area contributed by atoms with Gasteiger partial charge in [0, 0.05) is 18.8 Å². The molecule has 0 aliphatic carbocycles. The van der Waals surface area contributed by atoms with E-state index in [4.69, 9.17) is 10.5 Å². The van der Waals surface area contributed by atoms with E-state index in [2.05, 4.69) is 14.7 Å². The molecule has 3 rings (SSSR count). The van der Waals surface area contributed by atoms with Crippen molar-refractivity contribution < 1.29 is 22.7 Å². The Bertz CT molecular complexity index is 1090. The number of primary amides is 1. The monoisotopic (exact) mass is 408 g/mol. The number of imidazole rings is 1. The molecule has 9 nitrogen and oxygen atoms in total. The molecule has 1 amide bonds. The number of carbonyl (C=O) groups is 1. The number of rotatable bonds is 6. The SMILES string of the molecule is COc1cc(-c2cn(C)cn2)cc(S(=O)(=O)c2cnc(COC(N)=O)s2)c1. The molecule has 2 heterocycles. The zero-order valence-electron chi connectivity index (χ0n) is 14.4. The van der Waals surface area contributed by atoms with Crippen molar-refractivity contribution >= 4 is 27.3 Å². The van der Waals surface area contributed by atoms with Gasteiger partial charge in [-0.2, -0.15) is 0 Å². The summed E-state index contributed by atoms with van der Waals surface area (Å²) in [5, 5.41) is 0.320. The largest absolute Gasteiger partial charge is 0.497 e. The minimum Gasteiger partial charge on any atom is -0.497 e. The summed E-state index contributed by atoms with van der Waals surface area (Å²) in [7, 11) is -0.564. The fraction of sp³-hybridized carbons (Fsp3) is 0.188. The van der Waals surface area contributed by atoms with Crippen LogP contribution in [0.2, 0.25) is 0 Å². The van der Waals surface area contributed by atoms with Crippen LogP contribution in [0.3, 0.4) is 0 Å². The molecule has 142 valence electrons. The molecule has 0 aliphatic rings. The quantitative estimate of drug-likeness (QED) is 0.661. The Balaban J connectivity index is 2.00. The Morgan fingerprint density at radius 1 is 1.30 bits per heavy atom. The van der Waals surface area contributed by atoms with Gasteiger partial charge in [-0.3, -0.25) is 0 Å². The van der Waals surface area contributed by atoms with Crippen LogP contribution in [-0.4, -0.2) is 36.2 Å². The van der Waals surface area contributed by atoms with Crippen LogP contribution in [0.5, 0.6) is 5.75 Å². The van der Waals surface area contributed by atoms with E-state index in [1.54, 1.807) is 23.2 Å². The first-order valence-electron chi connectivity index (χ1n) is 7.59. The molecule has 0 saturated carbocycles. The number of hydrogen-bond acceptors (Lipinski definition) is 8. The highest BCUT2D eigenvalue weighted by molar-refractivity contribution is 7.93. The molecular weight excluding hydrogens is 392 g/mol. The zero-order chi connectivity index (χ0) is 19.6. The van der Waals surface area contributed by atoms with Crippen LogP contribution in [0.15, 0.2) is 46.0 Å². The number of nitrogens with two attached hydrogens (primary N) is 1. The molecule has 1 aromatic carbocycles. The van der Waals surface area contributed by atoms with Gasteiger partial charge in [0.2, 0.25) is 9.84 Å². The van der Waals surface area contributed by atoms with E-state index in [0.29, 0.717) is 22.0 Å². The summed E-state index contributed by atoms with van der Waals surface area (Å²) in [5.41, 5.74) is 6.13. The third-order valence-electron chi connectivity index (χ3n) is 3.56. The fourth-order valence-corrected chi connectivity index (χ4v) is 4.84. The number of aryl methyl sites for hydroxylation is 1. The van der Waals surface area contributed by atoms with Crippen LogP contribution >= 0.6 is 11.3 Å². The van der Waals surface area contributed by atoms with Crippen molar-refractivity contribution in [3.8, 4) is 17.0 Å². The van der Waals surface area contributed by atoms with Crippen molar-refractivity contribution in [1.29, 1.82) is 0 Å². The Morgan fingerprint density at radius 3 is 2.70 bits per heavy atom. The third-order valence-corrected chi connectivity index (χ3v) is 6.73. The van der Waals surface area contributed by atoms with Gasteiger partial charge in [-0.1, -0.05) is 0 Å². The van der Waals surface area contributed by atoms with Crippen molar-refractivity contribution in [3.05, 3.63) is 41.9 Å². The van der Waals surface area contributed by atoms with Crippen molar-refractivity contribution in [2.24, 2.45) is 12.8 Å². The van der Waals surface area contributed by atoms with E-state index in [0.717, 1.165) is 11.3 Å². The Hall–Kier alpha value is -2.92. The minimum absolute atomic E-state index is 0.0193. The maximum atomic E-state index is 13.0. The van der Waals surface area contributed by atoms with Gasteiger partial charge >= 0.3 is 6.09 Å². The molecule has 0 spiro atoms. The Labute approximate surface area is 159 Å². The molecule has 0 atom stereocenters. The molecule has 0 radical (unpaired) electrons. The molecule has 0 fully saturated rings. The lowest BCUT2D eigenvalue weighted by atomic mass is 10.1. The highest BCUT2D eigenvalue weighted by Gasteiger charge is 2.23. The van der Waals surface area contributed by atoms with Crippen molar-refractivity contribution in [1.82, 2.24) is 14.5 Å². The Kier molecular flexibility index (Phi) is 5.15. The van der Waals surface area contributed by atoms with Gasteiger partial charge in [-0.15, -0.1) is 11.3 Å². The van der Waals surface area contributed by atoms with Crippen LogP contribution in [-0.2, 0) is 28.2 Å². The van der Waals surface area contributed by atoms with Gasteiger partial charge in [0.15, 0.2) is 0 Å². The predicted octanol–water partition coefficient (Wildman–Crippen LogP) is 1.98. The van der Waals surface area contributed by atoms with E-state index >= 15 is 0 Å². The molecule has 0 aliphatic heterocycles. The average molecular weight is 408 g/mol. The topological polar surface area (TPSA) is 126 Å². The fourth-order valence-electron chi connectivity index (χ4n) is 2.29. The van der Waals surface area contributed by atoms with Crippen LogP contribution in [0.4, 0.5) is 4.79 Å². The van der Waals surface area contributed by atoms with Gasteiger partial charge in [0.25, 0.3) is 0 Å². The van der Waals surface area contributed by atoms with E-state index in [1.807, 2.05) is 7.05 Å². The molecule has 2 N–H and O–H groups in total. The van der Waals surface area contributed by atoms with Gasteiger partial charge in [0.05, 0.1) is 30.2 Å². The first-order valence-corrected chi connectivity index (χ1v) is 9.89. The summed E-state index contributed by atoms with van der Waals surface area (Å²) in [6, 6.07) is 4.67. The van der Waals surface area contributed by atoms with Gasteiger partial charge in [0.1, 0.15) is 21.6 Å². The van der Waals surface area contributed by atoms with E-state index < -0.39 is 15.9 Å². The lowest BCUT2D eigenvalue weighted by Gasteiger charge is -2.08. The molecule has 0 unspecified atom stereocenters. The van der Waals surface area contributed by atoms with Crippen LogP contribution in [0.25, 0.3) is 11.3 Å². The average Bonchev–Trinajstić information content (AvgIpc) is 3.29. The summed E-state index contributed by atoms with van der Waals surface area (Å²) >= 11 is 0.903. The molecule has 2 aromatic heterocycles. The summed E-state index contributed by atoms with van der Waals surface area (Å²) < 4.78 is 37.7. The summed E-state index contributed by atoms with van der Waals surface area (Å²) in [6.45, 7) is -0.188. The van der Waals surface area contributed by atoms with Gasteiger partial charge in [-0.05, 0) is 18.2 Å². The second kappa shape index (κ2) is 7.37. The standard InChI is InChI=1S/C16H16N4O5S2/c1-20-7-13(19-9-20)10-3-11(24-2)5-12(4-10)27(22,23)15-6-18-14(26-15)8-25-16(17)21/h3-7,9H,8H2,1-2H3,(H2,17,21). The molecule has 0 bridgehead atoms. The lowest BCUT2D eigenvalue weighted by Crippen LogP contribution is -2.12. The lowest BCUT2D eigenvalue weighted by molar-refractivity contribution is 0.150. The summed E-state index contributed by atoms with van der Waals surface area (Å²) in [4.78, 5) is 18.9. The number of ether oxygens (including phenoxy) is 2. The summed E-state index contributed by atoms with van der Waals surface area (Å²) in [5.74, 6) is 0.388. The highest BCUT2D eigenvalue weighted by atomic mass is 32.2. The molecular formula is C16H16N4O5S2. The molecule has 27 heavy (non-hydrogen) atoms. The molecule has 11 heteroatoms. The van der Waals surface area contributed by atoms with E-state index in [-0.39, 0.29) is 15.7 Å². The number of sulfone groups is 1. The van der Waals surface area contributed by atoms with E-state index in [9.17, 15) is 13.2 Å². The third kappa shape index (κ3) is 4.09. The maximum absolute atomic E-state index is 13.0. The van der Waals surface area contributed by atoms with Crippen molar-refractivity contribution in [2.75, 3.05) is 7.11 Å². The van der Waals surface area contributed by atoms with Crippen LogP contribution in [0.1, 0.15) is 5.01 Å². The van der Waals surface area contributed by atoms with E-state index in [1.165, 1.54) is 25.4 Å². The summed E-state index contributed by atoms with van der Waals surface area (Å²) in [6.07, 6.45) is 3.66. The number of amides is 1. The van der Waals surface area contributed by atoms with Gasteiger partial charge < -0.3 is 19.8 Å². The maximum Gasteiger partial charge on any atom is 0.404 e.